The summed E-state index contributed by atoms with van der Waals surface area (Å²) in [5.74, 6) is -1.24. The summed E-state index contributed by atoms with van der Waals surface area (Å²) >= 11 is 0. The van der Waals surface area contributed by atoms with E-state index in [9.17, 15) is 28.7 Å². The van der Waals surface area contributed by atoms with Gasteiger partial charge in [-0.15, -0.1) is 0 Å². The van der Waals surface area contributed by atoms with Crippen molar-refractivity contribution in [1.82, 2.24) is 18.9 Å². The van der Waals surface area contributed by atoms with Crippen LogP contribution >= 0.6 is 0 Å². The third-order valence-electron chi connectivity index (χ3n) is 10.1. The molecule has 3 heterocycles. The molecule has 5 aliphatic rings. The van der Waals surface area contributed by atoms with Gasteiger partial charge >= 0.3 is 11.7 Å². The largest absolute Gasteiger partial charge is 0.494 e. The lowest BCUT2D eigenvalue weighted by molar-refractivity contribution is -0.167. The Morgan fingerprint density at radius 1 is 1.10 bits per heavy atom. The van der Waals surface area contributed by atoms with Gasteiger partial charge in [-0.25, -0.2) is 14.0 Å². The van der Waals surface area contributed by atoms with E-state index in [4.69, 9.17) is 15.9 Å². The number of nitrogens with one attached hydrogen (secondary N) is 1. The molecular formula is C27H37FN6O6. The van der Waals surface area contributed by atoms with Gasteiger partial charge in [0, 0.05) is 19.6 Å². The molecule has 4 N–H and O–H groups in total. The van der Waals surface area contributed by atoms with Gasteiger partial charge in [0.1, 0.15) is 16.9 Å². The first-order valence-electron chi connectivity index (χ1n) is 14.2. The highest BCUT2D eigenvalue weighted by Gasteiger charge is 2.69. The third-order valence-corrected chi connectivity index (χ3v) is 10.1. The number of aromatic nitrogens is 2. The summed E-state index contributed by atoms with van der Waals surface area (Å²) in [6, 6.07) is -0.940. The minimum Gasteiger partial charge on any atom is -0.494 e. The monoisotopic (exact) mass is 560 g/mol. The number of alkyl halides is 1. The predicted molar refractivity (Wildman–Crippen MR) is 141 cm³/mol. The average molecular weight is 561 g/mol. The highest BCUT2D eigenvalue weighted by molar-refractivity contribution is 6.07. The summed E-state index contributed by atoms with van der Waals surface area (Å²) in [5.41, 5.74) is 0.991. The van der Waals surface area contributed by atoms with Crippen molar-refractivity contribution in [2.24, 2.45) is 17.1 Å². The van der Waals surface area contributed by atoms with Crippen molar-refractivity contribution in [1.29, 1.82) is 5.41 Å². The first kappa shape index (κ1) is 27.0. The number of amides is 3. The number of amidine groups is 1. The molecule has 2 spiro atoms. The molecule has 12 nitrogen and oxygen atoms in total. The number of rotatable bonds is 6. The summed E-state index contributed by atoms with van der Waals surface area (Å²) in [5, 5.41) is 18.7. The molecule has 1 aromatic heterocycles. The molecule has 218 valence electrons. The number of carbonyl (C=O) groups is 2. The van der Waals surface area contributed by atoms with E-state index in [1.54, 1.807) is 0 Å². The molecule has 0 bridgehead atoms. The first-order valence-corrected chi connectivity index (χ1v) is 14.2. The van der Waals surface area contributed by atoms with Crippen molar-refractivity contribution < 1.29 is 23.8 Å². The van der Waals surface area contributed by atoms with Crippen LogP contribution in [0.1, 0.15) is 75.8 Å². The molecular weight excluding hydrogens is 523 g/mol. The zero-order chi connectivity index (χ0) is 28.6. The van der Waals surface area contributed by atoms with Crippen molar-refractivity contribution in [3.05, 3.63) is 26.4 Å². The van der Waals surface area contributed by atoms with Gasteiger partial charge in [-0.2, -0.15) is 0 Å². The van der Waals surface area contributed by atoms with Gasteiger partial charge in [-0.05, 0) is 62.7 Å². The second kappa shape index (κ2) is 9.15. The fraction of sp³-hybridized carbons (Fsp3) is 0.741. The van der Waals surface area contributed by atoms with Gasteiger partial charge in [0.2, 0.25) is 5.88 Å². The van der Waals surface area contributed by atoms with E-state index < -0.39 is 46.2 Å². The number of urea groups is 1. The zero-order valence-corrected chi connectivity index (χ0v) is 22.8. The van der Waals surface area contributed by atoms with Crippen LogP contribution in [0.5, 0.6) is 5.88 Å². The van der Waals surface area contributed by atoms with Crippen molar-refractivity contribution in [3.8, 4) is 5.88 Å². The fourth-order valence-corrected chi connectivity index (χ4v) is 7.99. The normalized spacial score (nSPS) is 31.7. The Morgan fingerprint density at radius 3 is 2.27 bits per heavy atom. The van der Waals surface area contributed by atoms with Gasteiger partial charge in [0.25, 0.3) is 11.5 Å². The first-order chi connectivity index (χ1) is 18.9. The number of ether oxygens (including phenoxy) is 1. The Balaban J connectivity index is 1.23. The van der Waals surface area contributed by atoms with Crippen LogP contribution < -0.4 is 17.0 Å². The lowest BCUT2D eigenvalue weighted by atomic mass is 9.51. The molecule has 1 aromatic rings. The SMILES string of the molecule is CN1C(=O)N(CC2(F)COC2)C2(CC3(CCC(n4c(=O)c(C(=N)N)c(O)n(CC5CCCC5)c4=O)CC3)C2)C1=O. The number of imide groups is 1. The molecule has 5 fully saturated rings. The van der Waals surface area contributed by atoms with Crippen LogP contribution in [0.4, 0.5) is 9.18 Å². The minimum atomic E-state index is -1.65. The zero-order valence-electron chi connectivity index (χ0n) is 22.8. The van der Waals surface area contributed by atoms with E-state index in [1.807, 2.05) is 0 Å². The minimum absolute atomic E-state index is 0.0977. The molecule has 0 unspecified atom stereocenters. The summed E-state index contributed by atoms with van der Waals surface area (Å²) in [6.07, 6.45) is 6.98. The van der Waals surface area contributed by atoms with E-state index in [0.717, 1.165) is 35.2 Å². The van der Waals surface area contributed by atoms with Crippen LogP contribution in [0.3, 0.4) is 0 Å². The summed E-state index contributed by atoms with van der Waals surface area (Å²) in [7, 11) is 1.43. The molecule has 0 radical (unpaired) electrons. The van der Waals surface area contributed by atoms with E-state index in [2.05, 4.69) is 0 Å². The number of nitrogens with two attached hydrogens (primary N) is 1. The highest BCUT2D eigenvalue weighted by Crippen LogP contribution is 2.62. The van der Waals surface area contributed by atoms with Gasteiger partial charge in [0.05, 0.1) is 19.8 Å². The Bertz CT molecular complexity index is 1380. The second-order valence-corrected chi connectivity index (χ2v) is 12.8. The van der Waals surface area contributed by atoms with Crippen LogP contribution in [0.25, 0.3) is 0 Å². The van der Waals surface area contributed by atoms with Crippen molar-refractivity contribution in [3.63, 3.8) is 0 Å². The van der Waals surface area contributed by atoms with Gasteiger partial charge < -0.3 is 20.5 Å². The number of halogens is 1. The molecule has 3 amide bonds. The fourth-order valence-electron chi connectivity index (χ4n) is 7.99. The molecule has 40 heavy (non-hydrogen) atoms. The van der Waals surface area contributed by atoms with E-state index >= 15 is 0 Å². The Hall–Kier alpha value is -3.22. The van der Waals surface area contributed by atoms with Gasteiger partial charge in [-0.3, -0.25) is 29.0 Å². The Morgan fingerprint density at radius 2 is 1.73 bits per heavy atom. The Kier molecular flexibility index (Phi) is 6.17. The predicted octanol–water partition coefficient (Wildman–Crippen LogP) is 1.46. The van der Waals surface area contributed by atoms with Crippen molar-refractivity contribution >= 4 is 17.8 Å². The van der Waals surface area contributed by atoms with Crippen LogP contribution in [0, 0.1) is 16.7 Å². The molecule has 13 heteroatoms. The molecule has 2 aliphatic heterocycles. The maximum absolute atomic E-state index is 15.0. The molecule has 3 saturated carbocycles. The van der Waals surface area contributed by atoms with Crippen LogP contribution in [-0.4, -0.2) is 79.8 Å². The molecule has 0 atom stereocenters. The smallest absolute Gasteiger partial charge is 0.334 e. The van der Waals surface area contributed by atoms with Crippen molar-refractivity contribution in [2.75, 3.05) is 26.8 Å². The highest BCUT2D eigenvalue weighted by atomic mass is 19.1. The van der Waals surface area contributed by atoms with Gasteiger partial charge in [0.15, 0.2) is 5.67 Å². The number of hydrogen-bond acceptors (Lipinski definition) is 7. The topological polar surface area (TPSA) is 164 Å². The summed E-state index contributed by atoms with van der Waals surface area (Å²) in [4.78, 5) is 55.5. The summed E-state index contributed by atoms with van der Waals surface area (Å²) < 4.78 is 22.3. The summed E-state index contributed by atoms with van der Waals surface area (Å²) in [6.45, 7) is -0.109. The molecule has 2 saturated heterocycles. The van der Waals surface area contributed by atoms with Gasteiger partial charge in [-0.1, -0.05) is 12.8 Å². The van der Waals surface area contributed by atoms with E-state index in [-0.39, 0.29) is 49.1 Å². The van der Waals surface area contributed by atoms with Crippen molar-refractivity contribution in [2.45, 2.75) is 88.0 Å². The van der Waals surface area contributed by atoms with E-state index in [1.165, 1.54) is 16.5 Å². The number of aromatic hydroxyl groups is 1. The van der Waals surface area contributed by atoms with E-state index in [0.29, 0.717) is 38.5 Å². The van der Waals surface area contributed by atoms with Crippen LogP contribution in [-0.2, 0) is 16.1 Å². The maximum atomic E-state index is 15.0. The number of likely N-dealkylation sites (N-methyl/N-ethyl adjacent to an activating group) is 1. The van der Waals surface area contributed by atoms with Crippen LogP contribution in [0.15, 0.2) is 9.59 Å². The number of nitrogen functional groups attached to an aromatic ring is 1. The van der Waals surface area contributed by atoms with Crippen LogP contribution in [0.2, 0.25) is 0 Å². The number of nitrogens with zero attached hydrogens (tertiary/aromatic N) is 4. The molecule has 0 aromatic carbocycles. The Labute approximate surface area is 230 Å². The quantitative estimate of drug-likeness (QED) is 0.269. The number of hydrogen-bond donors (Lipinski definition) is 3. The molecule has 3 aliphatic carbocycles. The lowest BCUT2D eigenvalue weighted by Crippen LogP contribution is -2.67. The number of carbonyl (C=O) groups excluding carboxylic acids is 2. The standard InChI is InChI=1S/C27H37FN6O6/c1-31-22(37)27(33(23(31)38)13-26(28)14-40-15-26)11-25(12-27)8-6-17(7-9-25)34-21(36)18(19(29)30)20(35)32(24(34)39)10-16-4-2-3-5-16/h16-17,35H,2-15H2,1H3,(H3,29,30). The average Bonchev–Trinajstić information content (AvgIpc) is 3.45. The maximum Gasteiger partial charge on any atom is 0.334 e. The second-order valence-electron chi connectivity index (χ2n) is 12.8. The lowest BCUT2D eigenvalue weighted by Gasteiger charge is -2.59. The third kappa shape index (κ3) is 3.91. The molecule has 6 rings (SSSR count).